The molecular formula is C15H22N2O3. The molecule has 0 radical (unpaired) electrons. The van der Waals surface area contributed by atoms with Crippen LogP contribution in [0.25, 0.3) is 0 Å². The van der Waals surface area contributed by atoms with Gasteiger partial charge in [-0.3, -0.25) is 9.69 Å². The highest BCUT2D eigenvalue weighted by Gasteiger charge is 2.31. The Kier molecular flexibility index (Phi) is 4.38. The van der Waals surface area contributed by atoms with Crippen LogP contribution in [0.5, 0.6) is 0 Å². The predicted molar refractivity (Wildman–Crippen MR) is 74.1 cm³/mol. The lowest BCUT2D eigenvalue weighted by atomic mass is 10.2. The van der Waals surface area contributed by atoms with Gasteiger partial charge in [-0.2, -0.15) is 0 Å². The van der Waals surface area contributed by atoms with Crippen molar-refractivity contribution in [3.63, 3.8) is 0 Å². The zero-order valence-corrected chi connectivity index (χ0v) is 11.7. The SMILES string of the molecule is O=C(CN(Cc1ccco1)C1CC1)NCC1CCCO1. The number of ether oxygens (including phenoxy) is 1. The van der Waals surface area contributed by atoms with Gasteiger partial charge in [0.25, 0.3) is 0 Å². The first-order valence-corrected chi connectivity index (χ1v) is 7.46. The van der Waals surface area contributed by atoms with Crippen LogP contribution in [0.1, 0.15) is 31.4 Å². The van der Waals surface area contributed by atoms with Crippen molar-refractivity contribution in [2.75, 3.05) is 19.7 Å². The van der Waals surface area contributed by atoms with Gasteiger partial charge < -0.3 is 14.5 Å². The molecule has 110 valence electrons. The maximum atomic E-state index is 12.0. The van der Waals surface area contributed by atoms with E-state index in [9.17, 15) is 4.79 Å². The van der Waals surface area contributed by atoms with Crippen LogP contribution in [-0.4, -0.2) is 42.6 Å². The van der Waals surface area contributed by atoms with Gasteiger partial charge in [-0.25, -0.2) is 0 Å². The van der Waals surface area contributed by atoms with E-state index >= 15 is 0 Å². The van der Waals surface area contributed by atoms with E-state index in [1.165, 1.54) is 12.8 Å². The molecule has 1 aromatic rings. The minimum Gasteiger partial charge on any atom is -0.468 e. The van der Waals surface area contributed by atoms with Crippen LogP contribution in [0.3, 0.4) is 0 Å². The fraction of sp³-hybridized carbons (Fsp3) is 0.667. The Morgan fingerprint density at radius 3 is 2.95 bits per heavy atom. The Morgan fingerprint density at radius 2 is 2.30 bits per heavy atom. The van der Waals surface area contributed by atoms with E-state index in [0.29, 0.717) is 25.7 Å². The molecule has 1 aliphatic heterocycles. The van der Waals surface area contributed by atoms with Crippen molar-refractivity contribution in [2.45, 2.75) is 44.4 Å². The van der Waals surface area contributed by atoms with E-state index < -0.39 is 0 Å². The molecule has 1 N–H and O–H groups in total. The van der Waals surface area contributed by atoms with Crippen molar-refractivity contribution >= 4 is 5.91 Å². The van der Waals surface area contributed by atoms with Gasteiger partial charge in [-0.05, 0) is 37.8 Å². The van der Waals surface area contributed by atoms with Crippen molar-refractivity contribution in [3.8, 4) is 0 Å². The van der Waals surface area contributed by atoms with Crippen molar-refractivity contribution in [1.82, 2.24) is 10.2 Å². The smallest absolute Gasteiger partial charge is 0.234 e. The van der Waals surface area contributed by atoms with Gasteiger partial charge in [-0.15, -0.1) is 0 Å². The predicted octanol–water partition coefficient (Wildman–Crippen LogP) is 1.54. The van der Waals surface area contributed by atoms with Crippen LogP contribution >= 0.6 is 0 Å². The first-order valence-electron chi connectivity index (χ1n) is 7.46. The zero-order chi connectivity index (χ0) is 13.8. The van der Waals surface area contributed by atoms with Crippen LogP contribution in [0.2, 0.25) is 0 Å². The van der Waals surface area contributed by atoms with Crippen LogP contribution in [0.4, 0.5) is 0 Å². The number of hydrogen-bond acceptors (Lipinski definition) is 4. The summed E-state index contributed by atoms with van der Waals surface area (Å²) in [5, 5.41) is 2.98. The van der Waals surface area contributed by atoms with Gasteiger partial charge in [0.05, 0.1) is 25.5 Å². The summed E-state index contributed by atoms with van der Waals surface area (Å²) < 4.78 is 10.9. The largest absolute Gasteiger partial charge is 0.468 e. The van der Waals surface area contributed by atoms with E-state index in [-0.39, 0.29) is 12.0 Å². The van der Waals surface area contributed by atoms with Gasteiger partial charge in [0, 0.05) is 19.2 Å². The standard InChI is InChI=1S/C15H22N2O3/c18-15(16-9-13-3-1-7-19-13)11-17(12-5-6-12)10-14-4-2-8-20-14/h2,4,8,12-13H,1,3,5-7,9-11H2,(H,16,18). The summed E-state index contributed by atoms with van der Waals surface area (Å²) in [6, 6.07) is 4.38. The molecule has 0 aromatic carbocycles. The van der Waals surface area contributed by atoms with Crippen molar-refractivity contribution in [1.29, 1.82) is 0 Å². The monoisotopic (exact) mass is 278 g/mol. The van der Waals surface area contributed by atoms with E-state index in [2.05, 4.69) is 10.2 Å². The van der Waals surface area contributed by atoms with Crippen LogP contribution in [-0.2, 0) is 16.1 Å². The average molecular weight is 278 g/mol. The number of furan rings is 1. The molecule has 3 rings (SSSR count). The topological polar surface area (TPSA) is 54.7 Å². The molecule has 5 heteroatoms. The molecule has 1 atom stereocenters. The van der Waals surface area contributed by atoms with Crippen LogP contribution in [0.15, 0.2) is 22.8 Å². The number of carbonyl (C=O) groups is 1. The molecule has 1 aromatic heterocycles. The lowest BCUT2D eigenvalue weighted by Crippen LogP contribution is -2.40. The number of amides is 1. The normalized spacial score (nSPS) is 22.4. The number of carbonyl (C=O) groups excluding carboxylic acids is 1. The molecule has 1 unspecified atom stereocenters. The molecule has 5 nitrogen and oxygen atoms in total. The van der Waals surface area contributed by atoms with Crippen LogP contribution in [0, 0.1) is 0 Å². The third kappa shape index (κ3) is 3.84. The number of rotatable bonds is 7. The van der Waals surface area contributed by atoms with E-state index in [0.717, 1.165) is 25.2 Å². The molecule has 1 saturated heterocycles. The molecule has 0 bridgehead atoms. The molecule has 2 aliphatic rings. The van der Waals surface area contributed by atoms with Gasteiger partial charge in [-0.1, -0.05) is 0 Å². The highest BCUT2D eigenvalue weighted by Crippen LogP contribution is 2.28. The maximum Gasteiger partial charge on any atom is 0.234 e. The molecule has 2 heterocycles. The third-order valence-corrected chi connectivity index (χ3v) is 3.90. The summed E-state index contributed by atoms with van der Waals surface area (Å²) in [6.07, 6.45) is 6.40. The minimum atomic E-state index is 0.0824. The van der Waals surface area contributed by atoms with E-state index in [1.807, 2.05) is 12.1 Å². The quantitative estimate of drug-likeness (QED) is 0.822. The fourth-order valence-corrected chi connectivity index (χ4v) is 2.63. The molecule has 1 saturated carbocycles. The summed E-state index contributed by atoms with van der Waals surface area (Å²) in [5.41, 5.74) is 0. The highest BCUT2D eigenvalue weighted by molar-refractivity contribution is 5.78. The molecule has 20 heavy (non-hydrogen) atoms. The summed E-state index contributed by atoms with van der Waals surface area (Å²) >= 11 is 0. The van der Waals surface area contributed by atoms with Crippen LogP contribution < -0.4 is 5.32 Å². The minimum absolute atomic E-state index is 0.0824. The first-order chi connectivity index (χ1) is 9.81. The molecule has 1 amide bonds. The summed E-state index contributed by atoms with van der Waals surface area (Å²) in [6.45, 7) is 2.62. The van der Waals surface area contributed by atoms with Crippen molar-refractivity contribution in [3.05, 3.63) is 24.2 Å². The third-order valence-electron chi connectivity index (χ3n) is 3.90. The Morgan fingerprint density at radius 1 is 1.40 bits per heavy atom. The molecule has 0 spiro atoms. The van der Waals surface area contributed by atoms with E-state index in [1.54, 1.807) is 6.26 Å². The Balaban J connectivity index is 1.44. The summed E-state index contributed by atoms with van der Waals surface area (Å²) in [7, 11) is 0. The maximum absolute atomic E-state index is 12.0. The number of nitrogens with one attached hydrogen (secondary N) is 1. The van der Waals surface area contributed by atoms with Crippen molar-refractivity contribution < 1.29 is 13.9 Å². The second-order valence-corrected chi connectivity index (χ2v) is 5.65. The fourth-order valence-electron chi connectivity index (χ4n) is 2.63. The average Bonchev–Trinajstić information content (AvgIpc) is 2.94. The number of nitrogens with zero attached hydrogens (tertiary/aromatic N) is 1. The zero-order valence-electron chi connectivity index (χ0n) is 11.7. The molecule has 2 fully saturated rings. The van der Waals surface area contributed by atoms with Crippen molar-refractivity contribution in [2.24, 2.45) is 0 Å². The highest BCUT2D eigenvalue weighted by atomic mass is 16.5. The van der Waals surface area contributed by atoms with E-state index in [4.69, 9.17) is 9.15 Å². The second-order valence-electron chi connectivity index (χ2n) is 5.65. The molecule has 1 aliphatic carbocycles. The Hall–Kier alpha value is -1.33. The number of hydrogen-bond donors (Lipinski definition) is 1. The summed E-state index contributed by atoms with van der Waals surface area (Å²) in [4.78, 5) is 14.2. The van der Waals surface area contributed by atoms with Gasteiger partial charge in [0.2, 0.25) is 5.91 Å². The van der Waals surface area contributed by atoms with Gasteiger partial charge in [0.1, 0.15) is 5.76 Å². The Bertz CT molecular complexity index is 422. The first kappa shape index (κ1) is 13.6. The van der Waals surface area contributed by atoms with Gasteiger partial charge >= 0.3 is 0 Å². The lowest BCUT2D eigenvalue weighted by Gasteiger charge is -2.20. The molecular weight excluding hydrogens is 256 g/mol. The summed E-state index contributed by atoms with van der Waals surface area (Å²) in [5.74, 6) is 1.00. The van der Waals surface area contributed by atoms with Gasteiger partial charge in [0.15, 0.2) is 0 Å². The Labute approximate surface area is 119 Å². The second kappa shape index (κ2) is 6.41. The lowest BCUT2D eigenvalue weighted by molar-refractivity contribution is -0.123.